The molecule has 6 heteroatoms. The second-order valence-electron chi connectivity index (χ2n) is 6.78. The lowest BCUT2D eigenvalue weighted by Crippen LogP contribution is -2.38. The summed E-state index contributed by atoms with van der Waals surface area (Å²) in [6.45, 7) is 3.82. The first kappa shape index (κ1) is 16.1. The van der Waals surface area contributed by atoms with Gasteiger partial charge in [-0.2, -0.15) is 0 Å². The van der Waals surface area contributed by atoms with Crippen LogP contribution in [0.3, 0.4) is 0 Å². The van der Waals surface area contributed by atoms with Crippen LogP contribution >= 0.6 is 0 Å². The summed E-state index contributed by atoms with van der Waals surface area (Å²) in [6.07, 6.45) is 5.47. The van der Waals surface area contributed by atoms with Crippen LogP contribution in [0.2, 0.25) is 0 Å². The van der Waals surface area contributed by atoms with Crippen molar-refractivity contribution in [3.8, 4) is 11.5 Å². The van der Waals surface area contributed by atoms with Crippen molar-refractivity contribution < 1.29 is 14.3 Å². The van der Waals surface area contributed by atoms with Crippen LogP contribution in [0.4, 0.5) is 0 Å². The third-order valence-electron chi connectivity index (χ3n) is 4.93. The second-order valence-corrected chi connectivity index (χ2v) is 6.78. The number of aryl methyl sites for hydroxylation is 1. The fourth-order valence-corrected chi connectivity index (χ4v) is 3.64. The van der Waals surface area contributed by atoms with E-state index in [1.807, 2.05) is 23.9 Å². The van der Waals surface area contributed by atoms with Gasteiger partial charge in [-0.1, -0.05) is 6.07 Å². The third kappa shape index (κ3) is 3.39. The van der Waals surface area contributed by atoms with Gasteiger partial charge in [0.2, 0.25) is 5.78 Å². The minimum Gasteiger partial charge on any atom is -0.486 e. The Morgan fingerprint density at radius 3 is 2.92 bits per heavy atom. The predicted octanol–water partition coefficient (Wildman–Crippen LogP) is 2.29. The highest BCUT2D eigenvalue weighted by molar-refractivity contribution is 5.94. The lowest BCUT2D eigenvalue weighted by molar-refractivity contribution is 0.0797. The van der Waals surface area contributed by atoms with E-state index in [1.165, 1.54) is 5.56 Å². The Hall–Kier alpha value is -2.34. The second kappa shape index (κ2) is 6.88. The number of fused-ring (bicyclic) bond motifs is 1. The highest BCUT2D eigenvalue weighted by Gasteiger charge is 2.28. The van der Waals surface area contributed by atoms with Crippen molar-refractivity contribution in [1.29, 1.82) is 0 Å². The quantitative estimate of drug-likeness (QED) is 0.799. The lowest BCUT2D eigenvalue weighted by atomic mass is 9.93. The van der Waals surface area contributed by atoms with E-state index in [0.29, 0.717) is 19.0 Å². The van der Waals surface area contributed by atoms with Crippen molar-refractivity contribution in [3.05, 3.63) is 42.0 Å². The summed E-state index contributed by atoms with van der Waals surface area (Å²) in [6, 6.07) is 6.11. The number of hydrogen-bond donors (Lipinski definition) is 0. The Balaban J connectivity index is 1.43. The van der Waals surface area contributed by atoms with Crippen LogP contribution in [0, 0.1) is 5.92 Å². The van der Waals surface area contributed by atoms with Gasteiger partial charge in [0.25, 0.3) is 0 Å². The van der Waals surface area contributed by atoms with Crippen LogP contribution in [0.15, 0.2) is 30.6 Å². The van der Waals surface area contributed by atoms with Crippen LogP contribution in [0.1, 0.15) is 29.0 Å². The number of rotatable bonds is 4. The van der Waals surface area contributed by atoms with Crippen LogP contribution in [0.25, 0.3) is 0 Å². The normalized spacial score (nSPS) is 20.4. The maximum atomic E-state index is 12.7. The van der Waals surface area contributed by atoms with E-state index in [0.717, 1.165) is 44.0 Å². The Morgan fingerprint density at radius 1 is 1.28 bits per heavy atom. The highest BCUT2D eigenvalue weighted by atomic mass is 16.6. The number of aromatic nitrogens is 2. The number of hydrogen-bond acceptors (Lipinski definition) is 5. The first-order chi connectivity index (χ1) is 12.2. The van der Waals surface area contributed by atoms with Crippen LogP contribution in [-0.2, 0) is 13.6 Å². The molecule has 0 unspecified atom stereocenters. The van der Waals surface area contributed by atoms with Crippen molar-refractivity contribution in [3.63, 3.8) is 0 Å². The van der Waals surface area contributed by atoms with Crippen molar-refractivity contribution >= 4 is 5.78 Å². The molecule has 2 aromatic rings. The molecule has 1 aromatic heterocycles. The molecular formula is C19H23N3O3. The molecule has 0 amide bonds. The molecule has 0 N–H and O–H groups in total. The number of carbonyl (C=O) groups excluding carboxylic acids is 1. The van der Waals surface area contributed by atoms with Gasteiger partial charge in [0.1, 0.15) is 13.2 Å². The summed E-state index contributed by atoms with van der Waals surface area (Å²) >= 11 is 0. The molecule has 3 heterocycles. The molecular weight excluding hydrogens is 318 g/mol. The average Bonchev–Trinajstić information content (AvgIpc) is 3.07. The van der Waals surface area contributed by atoms with Crippen molar-refractivity contribution in [2.75, 3.05) is 26.3 Å². The Morgan fingerprint density at radius 2 is 2.12 bits per heavy atom. The Bertz CT molecular complexity index is 771. The Kier molecular flexibility index (Phi) is 4.44. The van der Waals surface area contributed by atoms with Gasteiger partial charge in [-0.15, -0.1) is 0 Å². The molecule has 1 fully saturated rings. The monoisotopic (exact) mass is 341 g/mol. The minimum atomic E-state index is 0.0204. The van der Waals surface area contributed by atoms with Crippen LogP contribution in [-0.4, -0.2) is 46.5 Å². The standard InChI is InChI=1S/C19H23N3O3/c1-21-8-6-20-19(21)18(23)15-3-2-7-22(13-15)12-14-4-5-16-17(11-14)25-10-9-24-16/h4-6,8,11,15H,2-3,7,9-10,12-13H2,1H3/t15-/m0/s1. The molecule has 1 saturated heterocycles. The number of likely N-dealkylation sites (tertiary alicyclic amines) is 1. The SMILES string of the molecule is Cn1ccnc1C(=O)[C@H]1CCCN(Cc2ccc3c(c2)OCCO3)C1. The first-order valence-corrected chi connectivity index (χ1v) is 8.83. The maximum absolute atomic E-state index is 12.7. The number of Topliss-reactive ketones (excluding diaryl/α,β-unsaturated/α-hetero) is 1. The molecule has 25 heavy (non-hydrogen) atoms. The van der Waals surface area contributed by atoms with E-state index < -0.39 is 0 Å². The topological polar surface area (TPSA) is 56.6 Å². The largest absolute Gasteiger partial charge is 0.486 e. The first-order valence-electron chi connectivity index (χ1n) is 8.83. The molecule has 2 aliphatic rings. The number of ketones is 1. The van der Waals surface area contributed by atoms with E-state index in [1.54, 1.807) is 6.20 Å². The zero-order valence-corrected chi connectivity index (χ0v) is 14.5. The van der Waals surface area contributed by atoms with Gasteiger partial charge in [0.05, 0.1) is 0 Å². The molecule has 1 aromatic carbocycles. The molecule has 0 radical (unpaired) electrons. The molecule has 0 aliphatic carbocycles. The van der Waals surface area contributed by atoms with Gasteiger partial charge in [0.15, 0.2) is 17.3 Å². The van der Waals surface area contributed by atoms with Gasteiger partial charge in [-0.05, 0) is 37.1 Å². The molecule has 0 saturated carbocycles. The molecule has 6 nitrogen and oxygen atoms in total. The van der Waals surface area contributed by atoms with E-state index in [9.17, 15) is 4.79 Å². The smallest absolute Gasteiger partial charge is 0.202 e. The third-order valence-corrected chi connectivity index (χ3v) is 4.93. The van der Waals surface area contributed by atoms with E-state index in [4.69, 9.17) is 9.47 Å². The van der Waals surface area contributed by atoms with Gasteiger partial charge in [0, 0.05) is 38.4 Å². The summed E-state index contributed by atoms with van der Waals surface area (Å²) < 4.78 is 13.1. The average molecular weight is 341 g/mol. The summed E-state index contributed by atoms with van der Waals surface area (Å²) in [5.74, 6) is 2.37. The number of piperidine rings is 1. The van der Waals surface area contributed by atoms with Gasteiger partial charge >= 0.3 is 0 Å². The highest BCUT2D eigenvalue weighted by Crippen LogP contribution is 2.31. The minimum absolute atomic E-state index is 0.0204. The van der Waals surface area contributed by atoms with Crippen molar-refractivity contribution in [2.45, 2.75) is 19.4 Å². The molecule has 2 aliphatic heterocycles. The van der Waals surface area contributed by atoms with Gasteiger partial charge in [-0.25, -0.2) is 4.98 Å². The maximum Gasteiger partial charge on any atom is 0.202 e. The zero-order valence-electron chi connectivity index (χ0n) is 14.5. The number of nitrogens with zero attached hydrogens (tertiary/aromatic N) is 3. The van der Waals surface area contributed by atoms with Crippen LogP contribution in [0.5, 0.6) is 11.5 Å². The summed E-state index contributed by atoms with van der Waals surface area (Å²) in [7, 11) is 1.87. The fourth-order valence-electron chi connectivity index (χ4n) is 3.64. The number of ether oxygens (including phenoxy) is 2. The van der Waals surface area contributed by atoms with E-state index in [2.05, 4.69) is 22.0 Å². The zero-order chi connectivity index (χ0) is 17.2. The van der Waals surface area contributed by atoms with Gasteiger partial charge in [-0.3, -0.25) is 9.69 Å². The Labute approximate surface area is 147 Å². The number of benzene rings is 1. The molecule has 0 bridgehead atoms. The summed E-state index contributed by atoms with van der Waals surface area (Å²) in [4.78, 5) is 19.3. The summed E-state index contributed by atoms with van der Waals surface area (Å²) in [5, 5.41) is 0. The van der Waals surface area contributed by atoms with Gasteiger partial charge < -0.3 is 14.0 Å². The summed E-state index contributed by atoms with van der Waals surface area (Å²) in [5.41, 5.74) is 1.19. The fraction of sp³-hybridized carbons (Fsp3) is 0.474. The molecule has 132 valence electrons. The number of imidazole rings is 1. The molecule has 0 spiro atoms. The van der Waals surface area contributed by atoms with Crippen molar-refractivity contribution in [1.82, 2.24) is 14.5 Å². The lowest BCUT2D eigenvalue weighted by Gasteiger charge is -2.32. The van der Waals surface area contributed by atoms with E-state index in [-0.39, 0.29) is 11.7 Å². The number of carbonyl (C=O) groups is 1. The molecule has 1 atom stereocenters. The van der Waals surface area contributed by atoms with E-state index >= 15 is 0 Å². The predicted molar refractivity (Wildman–Crippen MR) is 93.0 cm³/mol. The van der Waals surface area contributed by atoms with Crippen molar-refractivity contribution in [2.24, 2.45) is 13.0 Å². The molecule has 4 rings (SSSR count). The van der Waals surface area contributed by atoms with Crippen LogP contribution < -0.4 is 9.47 Å².